The number of rotatable bonds is 2. The lowest BCUT2D eigenvalue weighted by molar-refractivity contribution is 0.196. The molecule has 1 aromatic rings. The van der Waals surface area contributed by atoms with E-state index < -0.39 is 0 Å². The molecule has 1 aliphatic carbocycles. The number of nitrogens with zero attached hydrogens (tertiary/aromatic N) is 2. The maximum Gasteiger partial charge on any atom is 0.128 e. The number of halogens is 1. The van der Waals surface area contributed by atoms with E-state index in [1.54, 1.807) is 0 Å². The van der Waals surface area contributed by atoms with Crippen LogP contribution in [-0.4, -0.2) is 9.78 Å². The van der Waals surface area contributed by atoms with Crippen LogP contribution in [0.25, 0.3) is 6.08 Å². The van der Waals surface area contributed by atoms with Gasteiger partial charge in [-0.2, -0.15) is 5.10 Å². The van der Waals surface area contributed by atoms with E-state index in [9.17, 15) is 0 Å². The van der Waals surface area contributed by atoms with Crippen LogP contribution in [0, 0.1) is 0 Å². The van der Waals surface area contributed by atoms with Gasteiger partial charge >= 0.3 is 0 Å². The summed E-state index contributed by atoms with van der Waals surface area (Å²) in [5.41, 5.74) is 2.74. The van der Waals surface area contributed by atoms with Crippen molar-refractivity contribution in [3.05, 3.63) is 21.9 Å². The molecule has 1 aromatic heterocycles. The fourth-order valence-electron chi connectivity index (χ4n) is 2.72. The molecule has 1 fully saturated rings. The highest BCUT2D eigenvalue weighted by Crippen LogP contribution is 2.36. The molecule has 0 aromatic carbocycles. The van der Waals surface area contributed by atoms with Crippen molar-refractivity contribution < 1.29 is 0 Å². The Kier molecular flexibility index (Phi) is 3.76. The van der Waals surface area contributed by atoms with Gasteiger partial charge in [-0.15, -0.1) is 0 Å². The molecule has 1 aliphatic rings. The topological polar surface area (TPSA) is 17.8 Å². The average Bonchev–Trinajstić information content (AvgIpc) is 2.60. The van der Waals surface area contributed by atoms with Crippen molar-refractivity contribution in [3.63, 3.8) is 0 Å². The Bertz CT molecular complexity index is 421. The Morgan fingerprint density at radius 3 is 2.59 bits per heavy atom. The standard InChI is InChI=1S/C14H21BrN2/c1-11(2)9-12-10-13(15)16-17(12)14(3)7-5-4-6-8-14/h9-10H,4-8H2,1-3H3. The fraction of sp³-hybridized carbons (Fsp3) is 0.643. The normalized spacial score (nSPS) is 19.1. The first kappa shape index (κ1) is 12.9. The van der Waals surface area contributed by atoms with E-state index in [1.807, 2.05) is 0 Å². The monoisotopic (exact) mass is 296 g/mol. The number of allylic oxidation sites excluding steroid dienone is 1. The summed E-state index contributed by atoms with van der Waals surface area (Å²) in [7, 11) is 0. The molecule has 0 bridgehead atoms. The van der Waals surface area contributed by atoms with Crippen molar-refractivity contribution in [2.24, 2.45) is 0 Å². The van der Waals surface area contributed by atoms with Gasteiger partial charge in [-0.3, -0.25) is 4.68 Å². The Balaban J connectivity index is 2.39. The molecule has 1 saturated carbocycles. The van der Waals surface area contributed by atoms with Crippen LogP contribution in [-0.2, 0) is 5.54 Å². The maximum absolute atomic E-state index is 4.65. The van der Waals surface area contributed by atoms with Gasteiger partial charge in [0, 0.05) is 0 Å². The maximum atomic E-state index is 4.65. The van der Waals surface area contributed by atoms with Crippen molar-refractivity contribution >= 4 is 22.0 Å². The molecule has 0 aliphatic heterocycles. The molecule has 0 N–H and O–H groups in total. The minimum absolute atomic E-state index is 0.200. The number of hydrogen-bond acceptors (Lipinski definition) is 1. The average molecular weight is 297 g/mol. The van der Waals surface area contributed by atoms with Crippen LogP contribution >= 0.6 is 15.9 Å². The van der Waals surface area contributed by atoms with Crippen molar-refractivity contribution in [1.29, 1.82) is 0 Å². The van der Waals surface area contributed by atoms with Gasteiger partial charge in [0.15, 0.2) is 0 Å². The Labute approximate surface area is 112 Å². The predicted molar refractivity (Wildman–Crippen MR) is 76.0 cm³/mol. The SMILES string of the molecule is CC(C)=Cc1cc(Br)nn1C1(C)CCCCC1. The molecule has 0 radical (unpaired) electrons. The summed E-state index contributed by atoms with van der Waals surface area (Å²) in [6, 6.07) is 2.12. The third-order valence-electron chi connectivity index (χ3n) is 3.59. The van der Waals surface area contributed by atoms with Gasteiger partial charge in [0.25, 0.3) is 0 Å². The third kappa shape index (κ3) is 2.82. The van der Waals surface area contributed by atoms with Gasteiger partial charge in [0.1, 0.15) is 4.60 Å². The van der Waals surface area contributed by atoms with Crippen molar-refractivity contribution in [2.75, 3.05) is 0 Å². The van der Waals surface area contributed by atoms with Crippen LogP contribution in [0.3, 0.4) is 0 Å². The van der Waals surface area contributed by atoms with Crippen molar-refractivity contribution in [1.82, 2.24) is 9.78 Å². The minimum Gasteiger partial charge on any atom is -0.259 e. The molecular formula is C14H21BrN2. The van der Waals surface area contributed by atoms with Gasteiger partial charge in [-0.1, -0.05) is 24.8 Å². The van der Waals surface area contributed by atoms with Crippen LogP contribution in [0.2, 0.25) is 0 Å². The zero-order valence-corrected chi connectivity index (χ0v) is 12.5. The molecule has 2 nitrogen and oxygen atoms in total. The molecule has 3 heteroatoms. The Morgan fingerprint density at radius 2 is 2.00 bits per heavy atom. The molecule has 0 spiro atoms. The van der Waals surface area contributed by atoms with Crippen molar-refractivity contribution in [2.45, 2.75) is 58.4 Å². The quantitative estimate of drug-likeness (QED) is 0.770. The Hall–Kier alpha value is -0.570. The summed E-state index contributed by atoms with van der Waals surface area (Å²) < 4.78 is 3.17. The highest BCUT2D eigenvalue weighted by Gasteiger charge is 2.31. The lowest BCUT2D eigenvalue weighted by Gasteiger charge is -2.35. The predicted octanol–water partition coefficient (Wildman–Crippen LogP) is 4.75. The summed E-state index contributed by atoms with van der Waals surface area (Å²) >= 11 is 3.50. The van der Waals surface area contributed by atoms with E-state index in [-0.39, 0.29) is 5.54 Å². The minimum atomic E-state index is 0.200. The van der Waals surface area contributed by atoms with Gasteiger partial charge in [-0.05, 0) is 61.7 Å². The van der Waals surface area contributed by atoms with Crippen LogP contribution in [0.5, 0.6) is 0 Å². The summed E-state index contributed by atoms with van der Waals surface area (Å²) in [6.07, 6.45) is 8.72. The summed E-state index contributed by atoms with van der Waals surface area (Å²) in [5.74, 6) is 0. The van der Waals surface area contributed by atoms with E-state index in [4.69, 9.17) is 0 Å². The molecule has 0 unspecified atom stereocenters. The molecule has 0 saturated heterocycles. The zero-order valence-electron chi connectivity index (χ0n) is 11.0. The van der Waals surface area contributed by atoms with E-state index in [0.29, 0.717) is 0 Å². The fourth-order valence-corrected chi connectivity index (χ4v) is 3.11. The highest BCUT2D eigenvalue weighted by atomic mass is 79.9. The molecular weight excluding hydrogens is 276 g/mol. The van der Waals surface area contributed by atoms with E-state index in [1.165, 1.54) is 43.4 Å². The third-order valence-corrected chi connectivity index (χ3v) is 3.97. The molecule has 94 valence electrons. The smallest absolute Gasteiger partial charge is 0.128 e. The second-order valence-corrected chi connectivity index (χ2v) is 6.40. The first-order valence-corrected chi connectivity index (χ1v) is 7.21. The molecule has 0 atom stereocenters. The van der Waals surface area contributed by atoms with Crippen molar-refractivity contribution in [3.8, 4) is 0 Å². The van der Waals surface area contributed by atoms with Gasteiger partial charge in [0.2, 0.25) is 0 Å². The second-order valence-electron chi connectivity index (χ2n) is 5.58. The van der Waals surface area contributed by atoms with Gasteiger partial charge in [0.05, 0.1) is 11.2 Å². The molecule has 2 rings (SSSR count). The molecule has 17 heavy (non-hydrogen) atoms. The highest BCUT2D eigenvalue weighted by molar-refractivity contribution is 9.10. The van der Waals surface area contributed by atoms with Gasteiger partial charge in [-0.25, -0.2) is 0 Å². The summed E-state index contributed by atoms with van der Waals surface area (Å²) in [6.45, 7) is 6.61. The van der Waals surface area contributed by atoms with Crippen LogP contribution in [0.1, 0.15) is 58.6 Å². The zero-order chi connectivity index (χ0) is 12.5. The van der Waals surface area contributed by atoms with E-state index >= 15 is 0 Å². The summed E-state index contributed by atoms with van der Waals surface area (Å²) in [4.78, 5) is 0. The van der Waals surface area contributed by atoms with Crippen LogP contribution in [0.4, 0.5) is 0 Å². The number of hydrogen-bond donors (Lipinski definition) is 0. The first-order chi connectivity index (χ1) is 8.01. The van der Waals surface area contributed by atoms with E-state index in [0.717, 1.165) is 4.60 Å². The van der Waals surface area contributed by atoms with Crippen LogP contribution < -0.4 is 0 Å². The largest absolute Gasteiger partial charge is 0.259 e. The summed E-state index contributed by atoms with van der Waals surface area (Å²) in [5, 5.41) is 4.65. The second kappa shape index (κ2) is 4.97. The van der Waals surface area contributed by atoms with Crippen LogP contribution in [0.15, 0.2) is 16.2 Å². The lowest BCUT2D eigenvalue weighted by Crippen LogP contribution is -2.34. The first-order valence-electron chi connectivity index (χ1n) is 6.42. The Morgan fingerprint density at radius 1 is 1.35 bits per heavy atom. The molecule has 0 amide bonds. The van der Waals surface area contributed by atoms with Gasteiger partial charge < -0.3 is 0 Å². The van der Waals surface area contributed by atoms with E-state index in [2.05, 4.69) is 58.6 Å². The lowest BCUT2D eigenvalue weighted by atomic mass is 9.83. The number of aromatic nitrogens is 2. The molecule has 1 heterocycles.